The van der Waals surface area contributed by atoms with Crippen LogP contribution in [0.3, 0.4) is 0 Å². The van der Waals surface area contributed by atoms with Crippen LogP contribution in [0.2, 0.25) is 5.02 Å². The number of rotatable bonds is 6. The largest absolute Gasteiger partial charge is 0.488 e. The molecule has 112 valence electrons. The lowest BCUT2D eigenvalue weighted by molar-refractivity contribution is -0.0154. The van der Waals surface area contributed by atoms with Gasteiger partial charge in [0.25, 0.3) is 0 Å². The number of nitrogens with one attached hydrogen (secondary N) is 1. The Hall–Kier alpha value is -0.810. The maximum atomic E-state index is 10.4. The first-order valence-corrected chi connectivity index (χ1v) is 7.53. The molecule has 1 aliphatic rings. The lowest BCUT2D eigenvalue weighted by Crippen LogP contribution is -2.51. The van der Waals surface area contributed by atoms with E-state index in [0.29, 0.717) is 23.7 Å². The zero-order valence-electron chi connectivity index (χ0n) is 11.5. The summed E-state index contributed by atoms with van der Waals surface area (Å²) in [5.41, 5.74) is 0. The van der Waals surface area contributed by atoms with E-state index in [1.165, 1.54) is 0 Å². The van der Waals surface area contributed by atoms with E-state index in [-0.39, 0.29) is 18.8 Å². The Balaban J connectivity index is 1.90. The first-order chi connectivity index (χ1) is 9.70. The van der Waals surface area contributed by atoms with E-state index in [0.717, 1.165) is 19.3 Å². The molecule has 0 aliphatic heterocycles. The van der Waals surface area contributed by atoms with Crippen LogP contribution in [0.5, 0.6) is 5.75 Å². The second-order valence-electron chi connectivity index (χ2n) is 5.17. The standard InChI is InChI=1S/C15H22ClNO3/c16-11-4-1-5-12(10-11)20-14-7-2-6-13(15(14)19)17-8-3-9-18/h1,4-5,10,13-15,17-19H,2-3,6-9H2/t13-,14+,15+/m0/s1. The molecule has 2 rings (SSSR count). The molecule has 1 saturated carbocycles. The predicted octanol–water partition coefficient (Wildman–Crippen LogP) is 1.97. The van der Waals surface area contributed by atoms with Crippen LogP contribution >= 0.6 is 11.6 Å². The van der Waals surface area contributed by atoms with E-state index in [2.05, 4.69) is 5.32 Å². The summed E-state index contributed by atoms with van der Waals surface area (Å²) in [5.74, 6) is 0.692. The average Bonchev–Trinajstić information content (AvgIpc) is 2.43. The number of hydrogen-bond donors (Lipinski definition) is 3. The summed E-state index contributed by atoms with van der Waals surface area (Å²) >= 11 is 5.93. The van der Waals surface area contributed by atoms with Crippen LogP contribution in [-0.2, 0) is 0 Å². The number of benzene rings is 1. The van der Waals surface area contributed by atoms with Crippen molar-refractivity contribution in [1.82, 2.24) is 5.32 Å². The monoisotopic (exact) mass is 299 g/mol. The summed E-state index contributed by atoms with van der Waals surface area (Å²) in [5, 5.41) is 23.1. The summed E-state index contributed by atoms with van der Waals surface area (Å²) in [6, 6.07) is 7.27. The number of aliphatic hydroxyl groups excluding tert-OH is 2. The van der Waals surface area contributed by atoms with E-state index < -0.39 is 6.10 Å². The maximum Gasteiger partial charge on any atom is 0.126 e. The molecule has 20 heavy (non-hydrogen) atoms. The minimum atomic E-state index is -0.540. The average molecular weight is 300 g/mol. The van der Waals surface area contributed by atoms with E-state index in [4.69, 9.17) is 21.4 Å². The van der Waals surface area contributed by atoms with Gasteiger partial charge in [-0.15, -0.1) is 0 Å². The quantitative estimate of drug-likeness (QED) is 0.703. The van der Waals surface area contributed by atoms with Crippen LogP contribution in [0.25, 0.3) is 0 Å². The first kappa shape index (κ1) is 15.6. The molecule has 0 bridgehead atoms. The maximum absolute atomic E-state index is 10.4. The zero-order chi connectivity index (χ0) is 14.4. The highest BCUT2D eigenvalue weighted by atomic mass is 35.5. The van der Waals surface area contributed by atoms with Gasteiger partial charge in [-0.05, 0) is 50.4 Å². The molecule has 1 aromatic carbocycles. The van der Waals surface area contributed by atoms with Crippen LogP contribution in [0.15, 0.2) is 24.3 Å². The summed E-state index contributed by atoms with van der Waals surface area (Å²) in [4.78, 5) is 0. The molecule has 0 spiro atoms. The topological polar surface area (TPSA) is 61.7 Å². The fraction of sp³-hybridized carbons (Fsp3) is 0.600. The molecule has 1 fully saturated rings. The van der Waals surface area contributed by atoms with Gasteiger partial charge >= 0.3 is 0 Å². The number of aliphatic hydroxyl groups is 2. The molecule has 3 atom stereocenters. The zero-order valence-corrected chi connectivity index (χ0v) is 12.2. The van der Waals surface area contributed by atoms with Crippen molar-refractivity contribution in [2.45, 2.75) is 43.9 Å². The van der Waals surface area contributed by atoms with Crippen molar-refractivity contribution in [3.05, 3.63) is 29.3 Å². The Kier molecular flexibility index (Phi) is 6.10. The molecular formula is C15H22ClNO3. The Morgan fingerprint density at radius 2 is 2.20 bits per heavy atom. The van der Waals surface area contributed by atoms with E-state index in [1.807, 2.05) is 12.1 Å². The molecule has 1 aromatic rings. The van der Waals surface area contributed by atoms with Crippen molar-refractivity contribution in [2.24, 2.45) is 0 Å². The van der Waals surface area contributed by atoms with E-state index in [9.17, 15) is 5.11 Å². The summed E-state index contributed by atoms with van der Waals surface area (Å²) in [7, 11) is 0. The SMILES string of the molecule is OCCCN[C@H]1CCC[C@@H](Oc2cccc(Cl)c2)[C@@H]1O. The van der Waals surface area contributed by atoms with Gasteiger partial charge in [0.2, 0.25) is 0 Å². The Morgan fingerprint density at radius 1 is 1.35 bits per heavy atom. The number of halogens is 1. The van der Waals surface area contributed by atoms with Crippen LogP contribution in [0.1, 0.15) is 25.7 Å². The van der Waals surface area contributed by atoms with Crippen molar-refractivity contribution in [2.75, 3.05) is 13.2 Å². The summed E-state index contributed by atoms with van der Waals surface area (Å²) in [6.07, 6.45) is 2.73. The number of hydrogen-bond acceptors (Lipinski definition) is 4. The second kappa shape index (κ2) is 7.84. The highest BCUT2D eigenvalue weighted by molar-refractivity contribution is 6.30. The lowest BCUT2D eigenvalue weighted by atomic mass is 9.89. The molecule has 1 aliphatic carbocycles. The Morgan fingerprint density at radius 3 is 2.95 bits per heavy atom. The van der Waals surface area contributed by atoms with Crippen LogP contribution in [-0.4, -0.2) is 41.6 Å². The molecule has 5 heteroatoms. The van der Waals surface area contributed by atoms with Gasteiger partial charge in [-0.25, -0.2) is 0 Å². The molecule has 0 saturated heterocycles. The van der Waals surface area contributed by atoms with E-state index in [1.54, 1.807) is 12.1 Å². The second-order valence-corrected chi connectivity index (χ2v) is 5.61. The lowest BCUT2D eigenvalue weighted by Gasteiger charge is -2.35. The summed E-state index contributed by atoms with van der Waals surface area (Å²) < 4.78 is 5.86. The molecule has 3 N–H and O–H groups in total. The minimum Gasteiger partial charge on any atom is -0.488 e. The molecule has 0 amide bonds. The van der Waals surface area contributed by atoms with Gasteiger partial charge in [-0.3, -0.25) is 0 Å². The van der Waals surface area contributed by atoms with E-state index >= 15 is 0 Å². The third-order valence-corrected chi connectivity index (χ3v) is 3.86. The van der Waals surface area contributed by atoms with Crippen molar-refractivity contribution >= 4 is 11.6 Å². The van der Waals surface area contributed by atoms with Crippen molar-refractivity contribution in [3.63, 3.8) is 0 Å². The molecule has 4 nitrogen and oxygen atoms in total. The summed E-state index contributed by atoms with van der Waals surface area (Å²) in [6.45, 7) is 0.875. The molecule has 0 heterocycles. The van der Waals surface area contributed by atoms with Gasteiger partial charge in [0.15, 0.2) is 0 Å². The van der Waals surface area contributed by atoms with Crippen molar-refractivity contribution in [1.29, 1.82) is 0 Å². The number of ether oxygens (including phenoxy) is 1. The normalized spacial score (nSPS) is 26.4. The molecule has 0 unspecified atom stereocenters. The molecule has 0 radical (unpaired) electrons. The van der Waals surface area contributed by atoms with Gasteiger partial charge in [0.05, 0.1) is 0 Å². The van der Waals surface area contributed by atoms with Crippen LogP contribution in [0, 0.1) is 0 Å². The third-order valence-electron chi connectivity index (χ3n) is 3.62. The Labute approximate surface area is 124 Å². The fourth-order valence-corrected chi connectivity index (χ4v) is 2.75. The molecular weight excluding hydrogens is 278 g/mol. The predicted molar refractivity (Wildman–Crippen MR) is 79.2 cm³/mol. The highest BCUT2D eigenvalue weighted by Crippen LogP contribution is 2.26. The van der Waals surface area contributed by atoms with Gasteiger partial charge in [0.1, 0.15) is 18.0 Å². The van der Waals surface area contributed by atoms with Crippen LogP contribution in [0.4, 0.5) is 0 Å². The smallest absolute Gasteiger partial charge is 0.126 e. The minimum absolute atomic E-state index is 0.0273. The van der Waals surface area contributed by atoms with Crippen LogP contribution < -0.4 is 10.1 Å². The van der Waals surface area contributed by atoms with Crippen molar-refractivity contribution in [3.8, 4) is 5.75 Å². The Bertz CT molecular complexity index is 416. The van der Waals surface area contributed by atoms with Gasteiger partial charge in [-0.2, -0.15) is 0 Å². The van der Waals surface area contributed by atoms with Gasteiger partial charge in [0, 0.05) is 17.7 Å². The fourth-order valence-electron chi connectivity index (χ4n) is 2.57. The van der Waals surface area contributed by atoms with Crippen molar-refractivity contribution < 1.29 is 14.9 Å². The highest BCUT2D eigenvalue weighted by Gasteiger charge is 2.32. The molecule has 0 aromatic heterocycles. The first-order valence-electron chi connectivity index (χ1n) is 7.15. The third kappa shape index (κ3) is 4.35. The van der Waals surface area contributed by atoms with Gasteiger partial charge in [-0.1, -0.05) is 17.7 Å². The van der Waals surface area contributed by atoms with Gasteiger partial charge < -0.3 is 20.3 Å².